The van der Waals surface area contributed by atoms with Crippen LogP contribution in [-0.4, -0.2) is 24.0 Å². The minimum atomic E-state index is 0.283. The monoisotopic (exact) mass is 330 g/mol. The minimum Gasteiger partial charge on any atom is -0.353 e. The van der Waals surface area contributed by atoms with Gasteiger partial charge in [0.15, 0.2) is 5.96 Å². The predicted molar refractivity (Wildman–Crippen MR) is 99.1 cm³/mol. The Kier molecular flexibility index (Phi) is 6.59. The van der Waals surface area contributed by atoms with Crippen molar-refractivity contribution >= 4 is 17.3 Å². The number of guanidine groups is 1. The van der Waals surface area contributed by atoms with Crippen molar-refractivity contribution in [2.75, 3.05) is 7.05 Å². The van der Waals surface area contributed by atoms with E-state index >= 15 is 0 Å². The van der Waals surface area contributed by atoms with E-state index in [9.17, 15) is 0 Å². The van der Waals surface area contributed by atoms with Crippen LogP contribution in [0.2, 0.25) is 0 Å². The number of aromatic nitrogens is 1. The van der Waals surface area contributed by atoms with E-state index in [-0.39, 0.29) is 6.04 Å². The second kappa shape index (κ2) is 8.67. The molecular weight excluding hydrogens is 304 g/mol. The molecule has 0 aliphatic carbocycles. The minimum absolute atomic E-state index is 0.283. The van der Waals surface area contributed by atoms with Crippen molar-refractivity contribution < 1.29 is 0 Å². The molecule has 4 nitrogen and oxygen atoms in total. The summed E-state index contributed by atoms with van der Waals surface area (Å²) in [5, 5.41) is 7.91. The maximum absolute atomic E-state index is 4.43. The van der Waals surface area contributed by atoms with Crippen LogP contribution in [0, 0.1) is 0 Å². The van der Waals surface area contributed by atoms with Gasteiger partial charge in [-0.05, 0) is 18.9 Å². The molecule has 1 aromatic heterocycles. The molecule has 5 heteroatoms. The molecule has 0 fully saturated rings. The summed E-state index contributed by atoms with van der Waals surface area (Å²) in [6, 6.07) is 10.8. The van der Waals surface area contributed by atoms with Gasteiger partial charge in [-0.15, -0.1) is 11.3 Å². The Labute approximate surface area is 143 Å². The molecule has 0 spiro atoms. The molecule has 2 aromatic rings. The van der Waals surface area contributed by atoms with E-state index in [4.69, 9.17) is 0 Å². The SMILES string of the molecule is CCc1cnc(CNC(=NC)NC(C)C(C)c2ccccc2)s1. The molecule has 0 radical (unpaired) electrons. The third kappa shape index (κ3) is 5.06. The molecule has 124 valence electrons. The van der Waals surface area contributed by atoms with Crippen LogP contribution in [-0.2, 0) is 13.0 Å². The van der Waals surface area contributed by atoms with Gasteiger partial charge in [0.1, 0.15) is 5.01 Å². The van der Waals surface area contributed by atoms with E-state index in [2.05, 4.69) is 65.6 Å². The van der Waals surface area contributed by atoms with Crippen molar-refractivity contribution in [1.29, 1.82) is 0 Å². The first-order chi connectivity index (χ1) is 11.1. The Morgan fingerprint density at radius 2 is 2.00 bits per heavy atom. The van der Waals surface area contributed by atoms with Crippen LogP contribution in [0.4, 0.5) is 0 Å². The summed E-state index contributed by atoms with van der Waals surface area (Å²) in [5.41, 5.74) is 1.33. The van der Waals surface area contributed by atoms with Crippen LogP contribution in [0.25, 0.3) is 0 Å². The number of aliphatic imine (C=N–C) groups is 1. The maximum Gasteiger partial charge on any atom is 0.191 e. The maximum atomic E-state index is 4.43. The fourth-order valence-electron chi connectivity index (χ4n) is 2.33. The Morgan fingerprint density at radius 3 is 2.61 bits per heavy atom. The molecule has 2 N–H and O–H groups in total. The number of nitrogens with one attached hydrogen (secondary N) is 2. The van der Waals surface area contributed by atoms with Gasteiger partial charge >= 0.3 is 0 Å². The summed E-state index contributed by atoms with van der Waals surface area (Å²) in [7, 11) is 1.80. The third-order valence-electron chi connectivity index (χ3n) is 4.02. The normalized spacial score (nSPS) is 14.3. The zero-order valence-corrected chi connectivity index (χ0v) is 15.2. The van der Waals surface area contributed by atoms with Gasteiger partial charge < -0.3 is 10.6 Å². The molecular formula is C18H26N4S. The Balaban J connectivity index is 1.88. The molecule has 2 atom stereocenters. The fourth-order valence-corrected chi connectivity index (χ4v) is 3.14. The van der Waals surface area contributed by atoms with Gasteiger partial charge in [0.25, 0.3) is 0 Å². The number of hydrogen-bond acceptors (Lipinski definition) is 3. The summed E-state index contributed by atoms with van der Waals surface area (Å²) in [6.07, 6.45) is 2.99. The molecule has 0 aliphatic heterocycles. The molecule has 2 unspecified atom stereocenters. The number of aryl methyl sites for hydroxylation is 1. The second-order valence-corrected chi connectivity index (χ2v) is 6.83. The molecule has 23 heavy (non-hydrogen) atoms. The van der Waals surface area contributed by atoms with Crippen molar-refractivity contribution in [1.82, 2.24) is 15.6 Å². The van der Waals surface area contributed by atoms with Gasteiger partial charge in [-0.2, -0.15) is 0 Å². The van der Waals surface area contributed by atoms with Gasteiger partial charge in [0.05, 0.1) is 6.54 Å². The van der Waals surface area contributed by atoms with Gasteiger partial charge in [0.2, 0.25) is 0 Å². The number of nitrogens with zero attached hydrogens (tertiary/aromatic N) is 2. The summed E-state index contributed by atoms with van der Waals surface area (Å²) < 4.78 is 0. The van der Waals surface area contributed by atoms with Crippen LogP contribution < -0.4 is 10.6 Å². The second-order valence-electron chi connectivity index (χ2n) is 5.63. The highest BCUT2D eigenvalue weighted by Gasteiger charge is 2.15. The lowest BCUT2D eigenvalue weighted by Crippen LogP contribution is -2.43. The van der Waals surface area contributed by atoms with Crippen LogP contribution >= 0.6 is 11.3 Å². The molecule has 0 saturated carbocycles. The molecule has 0 aliphatic rings. The van der Waals surface area contributed by atoms with Crippen molar-refractivity contribution in [3.05, 3.63) is 52.0 Å². The lowest BCUT2D eigenvalue weighted by atomic mass is 9.94. The average Bonchev–Trinajstić information content (AvgIpc) is 3.06. The highest BCUT2D eigenvalue weighted by atomic mass is 32.1. The lowest BCUT2D eigenvalue weighted by molar-refractivity contribution is 0.550. The van der Waals surface area contributed by atoms with Gasteiger partial charge in [-0.25, -0.2) is 4.98 Å². The number of benzene rings is 1. The topological polar surface area (TPSA) is 49.3 Å². The van der Waals surface area contributed by atoms with Crippen LogP contribution in [0.15, 0.2) is 41.5 Å². The summed E-state index contributed by atoms with van der Waals surface area (Å²) in [4.78, 5) is 10.1. The van der Waals surface area contributed by atoms with Crippen molar-refractivity contribution in [3.63, 3.8) is 0 Å². The Hall–Kier alpha value is -1.88. The number of hydrogen-bond donors (Lipinski definition) is 2. The molecule has 1 aromatic carbocycles. The third-order valence-corrected chi connectivity index (χ3v) is 5.16. The van der Waals surface area contributed by atoms with Crippen molar-refractivity contribution in [2.24, 2.45) is 4.99 Å². The lowest BCUT2D eigenvalue weighted by Gasteiger charge is -2.23. The standard InChI is InChI=1S/C18H26N4S/c1-5-16-11-20-17(23-16)12-21-18(19-4)22-14(3)13(2)15-9-7-6-8-10-15/h6-11,13-14H,5,12H2,1-4H3,(H2,19,21,22). The highest BCUT2D eigenvalue weighted by Crippen LogP contribution is 2.18. The zero-order valence-electron chi connectivity index (χ0n) is 14.3. The van der Waals surface area contributed by atoms with E-state index in [1.54, 1.807) is 18.4 Å². The summed E-state index contributed by atoms with van der Waals surface area (Å²) >= 11 is 1.75. The van der Waals surface area contributed by atoms with Crippen LogP contribution in [0.1, 0.15) is 42.1 Å². The first-order valence-electron chi connectivity index (χ1n) is 8.09. The predicted octanol–water partition coefficient (Wildman–Crippen LogP) is 3.56. The van der Waals surface area contributed by atoms with Crippen molar-refractivity contribution in [3.8, 4) is 0 Å². The quantitative estimate of drug-likeness (QED) is 0.629. The van der Waals surface area contributed by atoms with E-state index in [0.717, 1.165) is 17.4 Å². The zero-order chi connectivity index (χ0) is 16.7. The molecule has 2 rings (SSSR count). The fraction of sp³-hybridized carbons (Fsp3) is 0.444. The van der Waals surface area contributed by atoms with Gasteiger partial charge in [-0.1, -0.05) is 44.2 Å². The Morgan fingerprint density at radius 1 is 1.26 bits per heavy atom. The smallest absolute Gasteiger partial charge is 0.191 e. The number of thiazole rings is 1. The molecule has 0 bridgehead atoms. The summed E-state index contributed by atoms with van der Waals surface area (Å²) in [6.45, 7) is 7.27. The number of rotatable bonds is 6. The van der Waals surface area contributed by atoms with E-state index < -0.39 is 0 Å². The molecule has 0 saturated heterocycles. The highest BCUT2D eigenvalue weighted by molar-refractivity contribution is 7.11. The molecule has 0 amide bonds. The van der Waals surface area contributed by atoms with Gasteiger partial charge in [0, 0.05) is 30.1 Å². The van der Waals surface area contributed by atoms with Crippen LogP contribution in [0.3, 0.4) is 0 Å². The first kappa shape index (κ1) is 17.5. The average molecular weight is 331 g/mol. The largest absolute Gasteiger partial charge is 0.353 e. The van der Waals surface area contributed by atoms with E-state index in [1.165, 1.54) is 10.4 Å². The van der Waals surface area contributed by atoms with E-state index in [1.807, 2.05) is 12.3 Å². The molecule has 1 heterocycles. The van der Waals surface area contributed by atoms with Crippen molar-refractivity contribution in [2.45, 2.75) is 45.7 Å². The Bertz CT molecular complexity index is 621. The van der Waals surface area contributed by atoms with Gasteiger partial charge in [-0.3, -0.25) is 4.99 Å². The summed E-state index contributed by atoms with van der Waals surface area (Å²) in [5.74, 6) is 1.22. The van der Waals surface area contributed by atoms with E-state index in [0.29, 0.717) is 12.5 Å². The van der Waals surface area contributed by atoms with Crippen LogP contribution in [0.5, 0.6) is 0 Å². The first-order valence-corrected chi connectivity index (χ1v) is 8.91.